The first-order valence-electron chi connectivity index (χ1n) is 10.3. The van der Waals surface area contributed by atoms with E-state index in [1.54, 1.807) is 6.07 Å². The molecule has 2 unspecified atom stereocenters. The van der Waals surface area contributed by atoms with Crippen LogP contribution in [0.2, 0.25) is 10.0 Å². The summed E-state index contributed by atoms with van der Waals surface area (Å²) < 4.78 is 0. The van der Waals surface area contributed by atoms with E-state index in [4.69, 9.17) is 23.2 Å². The van der Waals surface area contributed by atoms with Crippen molar-refractivity contribution < 1.29 is 19.2 Å². The molecule has 1 saturated carbocycles. The number of hydrogen-bond acceptors (Lipinski definition) is 4. The second-order valence-corrected chi connectivity index (χ2v) is 9.25. The monoisotopic (exact) mass is 435 g/mol. The van der Waals surface area contributed by atoms with Crippen LogP contribution in [0.3, 0.4) is 0 Å². The molecule has 1 aromatic rings. The summed E-state index contributed by atoms with van der Waals surface area (Å²) in [6.45, 7) is 2.11. The lowest BCUT2D eigenvalue weighted by molar-refractivity contribution is -0.135. The number of amides is 2. The zero-order valence-electron chi connectivity index (χ0n) is 16.3. The minimum absolute atomic E-state index is 0.0136. The molecule has 1 aromatic carbocycles. The molecule has 7 heteroatoms. The van der Waals surface area contributed by atoms with Crippen molar-refractivity contribution in [2.75, 3.05) is 0 Å². The molecule has 1 aliphatic heterocycles. The van der Waals surface area contributed by atoms with Gasteiger partial charge in [0.15, 0.2) is 5.78 Å². The quantitative estimate of drug-likeness (QED) is 0.421. The van der Waals surface area contributed by atoms with Gasteiger partial charge < -0.3 is 0 Å². The molecule has 2 amide bonds. The third-order valence-corrected chi connectivity index (χ3v) is 7.79. The molecular formula is C22H23Cl2NO4. The Hall–Kier alpha value is -1.72. The molecule has 1 heterocycles. The summed E-state index contributed by atoms with van der Waals surface area (Å²) in [5, 5.41) is 2.14. The van der Waals surface area contributed by atoms with Crippen LogP contribution in [0.4, 0.5) is 0 Å². The predicted octanol–water partition coefficient (Wildman–Crippen LogP) is 4.41. The van der Waals surface area contributed by atoms with Crippen molar-refractivity contribution in [3.8, 4) is 0 Å². The lowest BCUT2D eigenvalue weighted by Gasteiger charge is -2.34. The first-order valence-corrected chi connectivity index (χ1v) is 11.0. The largest absolute Gasteiger partial charge is 0.295 e. The number of rotatable bonds is 5. The zero-order valence-corrected chi connectivity index (χ0v) is 17.8. The lowest BCUT2D eigenvalue weighted by Crippen LogP contribution is -2.35. The van der Waals surface area contributed by atoms with Crippen molar-refractivity contribution in [3.05, 3.63) is 32.8 Å². The number of carbonyl (C=O) groups excluding carboxylic acids is 4. The van der Waals surface area contributed by atoms with Crippen molar-refractivity contribution >= 4 is 46.6 Å². The van der Waals surface area contributed by atoms with Crippen LogP contribution in [0.15, 0.2) is 6.07 Å². The molecule has 154 valence electrons. The number of nitrogens with one attached hydrogen (secondary N) is 1. The van der Waals surface area contributed by atoms with Crippen LogP contribution in [-0.2, 0) is 20.8 Å². The SMILES string of the molecule is CCCCC1(C2CCCC2)Cc2cc(C3C(=O)NC(=O)C3=O)c(Cl)c(Cl)c2C1=O. The lowest BCUT2D eigenvalue weighted by atomic mass is 9.68. The van der Waals surface area contributed by atoms with Gasteiger partial charge in [-0.15, -0.1) is 0 Å². The Bertz CT molecular complexity index is 935. The van der Waals surface area contributed by atoms with Crippen LogP contribution in [0.1, 0.15) is 79.3 Å². The fourth-order valence-electron chi connectivity index (χ4n) is 5.45. The molecule has 1 N–H and O–H groups in total. The Labute approximate surface area is 179 Å². The molecule has 29 heavy (non-hydrogen) atoms. The molecule has 0 spiro atoms. The number of fused-ring (bicyclic) bond motifs is 1. The first-order chi connectivity index (χ1) is 13.8. The van der Waals surface area contributed by atoms with Crippen molar-refractivity contribution in [1.82, 2.24) is 5.32 Å². The van der Waals surface area contributed by atoms with Crippen LogP contribution in [0, 0.1) is 11.3 Å². The Morgan fingerprint density at radius 1 is 1.10 bits per heavy atom. The summed E-state index contributed by atoms with van der Waals surface area (Å²) in [6.07, 6.45) is 7.60. The summed E-state index contributed by atoms with van der Waals surface area (Å²) in [5.41, 5.74) is 0.898. The number of halogens is 2. The van der Waals surface area contributed by atoms with Gasteiger partial charge in [-0.25, -0.2) is 0 Å². The minimum atomic E-state index is -1.30. The maximum Gasteiger partial charge on any atom is 0.295 e. The number of ketones is 2. The van der Waals surface area contributed by atoms with Crippen molar-refractivity contribution in [2.45, 2.75) is 64.2 Å². The van der Waals surface area contributed by atoms with E-state index in [9.17, 15) is 19.2 Å². The number of Topliss-reactive ketones (excluding diaryl/α,β-unsaturated/α-hetero) is 2. The summed E-state index contributed by atoms with van der Waals surface area (Å²) in [7, 11) is 0. The number of hydrogen-bond donors (Lipinski definition) is 1. The third-order valence-electron chi connectivity index (χ3n) is 6.91. The van der Waals surface area contributed by atoms with Gasteiger partial charge in [0.2, 0.25) is 11.7 Å². The average Bonchev–Trinajstić information content (AvgIpc) is 3.37. The highest BCUT2D eigenvalue weighted by molar-refractivity contribution is 6.51. The van der Waals surface area contributed by atoms with E-state index in [0.717, 1.165) is 50.5 Å². The zero-order chi connectivity index (χ0) is 20.9. The van der Waals surface area contributed by atoms with Gasteiger partial charge in [-0.3, -0.25) is 24.5 Å². The number of carbonyl (C=O) groups is 4. The highest BCUT2D eigenvalue weighted by atomic mass is 35.5. The van der Waals surface area contributed by atoms with Crippen LogP contribution in [0.25, 0.3) is 0 Å². The number of benzene rings is 1. The van der Waals surface area contributed by atoms with E-state index < -0.39 is 28.9 Å². The first kappa shape index (κ1) is 20.5. The van der Waals surface area contributed by atoms with E-state index in [0.29, 0.717) is 17.9 Å². The van der Waals surface area contributed by atoms with Crippen molar-refractivity contribution in [1.29, 1.82) is 0 Å². The van der Waals surface area contributed by atoms with Gasteiger partial charge in [0.05, 0.1) is 10.0 Å². The standard InChI is InChI=1S/C22H23Cl2NO4/c1-2-3-8-22(12-6-4-5-7-12)10-11-9-13(15-18(26)21(29)25-20(15)28)16(23)17(24)14(11)19(22)27/h9,12,15H,2-8,10H2,1H3,(H,25,28,29). The maximum absolute atomic E-state index is 13.7. The molecule has 2 aliphatic carbocycles. The molecule has 4 rings (SSSR count). The van der Waals surface area contributed by atoms with Crippen molar-refractivity contribution in [2.24, 2.45) is 11.3 Å². The fourth-order valence-corrected chi connectivity index (χ4v) is 6.02. The second kappa shape index (κ2) is 7.51. The van der Waals surface area contributed by atoms with E-state index in [1.165, 1.54) is 0 Å². The fraction of sp³-hybridized carbons (Fsp3) is 0.545. The van der Waals surface area contributed by atoms with Gasteiger partial charge >= 0.3 is 0 Å². The number of imide groups is 1. The Balaban J connectivity index is 1.81. The second-order valence-electron chi connectivity index (χ2n) is 8.49. The molecule has 1 saturated heterocycles. The predicted molar refractivity (Wildman–Crippen MR) is 109 cm³/mol. The molecule has 3 aliphatic rings. The highest BCUT2D eigenvalue weighted by Gasteiger charge is 2.52. The molecule has 2 fully saturated rings. The van der Waals surface area contributed by atoms with E-state index in [2.05, 4.69) is 6.92 Å². The summed E-state index contributed by atoms with van der Waals surface area (Å²) >= 11 is 13.0. The maximum atomic E-state index is 13.7. The van der Waals surface area contributed by atoms with Gasteiger partial charge in [0, 0.05) is 11.0 Å². The third kappa shape index (κ3) is 3.05. The topological polar surface area (TPSA) is 80.3 Å². The Kier molecular flexibility index (Phi) is 5.32. The summed E-state index contributed by atoms with van der Waals surface area (Å²) in [6, 6.07) is 1.66. The van der Waals surface area contributed by atoms with Crippen LogP contribution >= 0.6 is 23.2 Å². The minimum Gasteiger partial charge on any atom is -0.293 e. The van der Waals surface area contributed by atoms with Crippen molar-refractivity contribution in [3.63, 3.8) is 0 Å². The normalized spacial score (nSPS) is 27.1. The van der Waals surface area contributed by atoms with Gasteiger partial charge in [-0.2, -0.15) is 0 Å². The Morgan fingerprint density at radius 3 is 2.38 bits per heavy atom. The van der Waals surface area contributed by atoms with Crippen LogP contribution in [-0.4, -0.2) is 23.4 Å². The molecule has 2 atom stereocenters. The van der Waals surface area contributed by atoms with E-state index in [1.807, 2.05) is 5.32 Å². The molecule has 0 bridgehead atoms. The summed E-state index contributed by atoms with van der Waals surface area (Å²) in [4.78, 5) is 49.7. The molecule has 0 radical (unpaired) electrons. The smallest absolute Gasteiger partial charge is 0.293 e. The molecular weight excluding hydrogens is 413 g/mol. The molecule has 0 aromatic heterocycles. The Morgan fingerprint density at radius 2 is 1.79 bits per heavy atom. The molecule has 5 nitrogen and oxygen atoms in total. The van der Waals surface area contributed by atoms with Gasteiger partial charge in [0.25, 0.3) is 5.91 Å². The van der Waals surface area contributed by atoms with E-state index in [-0.39, 0.29) is 21.4 Å². The summed E-state index contributed by atoms with van der Waals surface area (Å²) in [5.74, 6) is -3.42. The van der Waals surface area contributed by atoms with Gasteiger partial charge in [0.1, 0.15) is 5.92 Å². The average molecular weight is 436 g/mol. The van der Waals surface area contributed by atoms with Crippen LogP contribution in [0.5, 0.6) is 0 Å². The van der Waals surface area contributed by atoms with E-state index >= 15 is 0 Å². The number of unbranched alkanes of at least 4 members (excludes halogenated alkanes) is 1. The van der Waals surface area contributed by atoms with Crippen LogP contribution < -0.4 is 5.32 Å². The van der Waals surface area contributed by atoms with Gasteiger partial charge in [-0.1, -0.05) is 61.9 Å². The van der Waals surface area contributed by atoms with Gasteiger partial charge in [-0.05, 0) is 42.7 Å². The highest BCUT2D eigenvalue weighted by Crippen LogP contribution is 2.54.